The Morgan fingerprint density at radius 3 is 2.75 bits per heavy atom. The molecule has 1 amide bonds. The Balaban J connectivity index is 1.65. The summed E-state index contributed by atoms with van der Waals surface area (Å²) in [7, 11) is 0. The Labute approximate surface area is 163 Å². The van der Waals surface area contributed by atoms with E-state index in [-0.39, 0.29) is 12.2 Å². The molecule has 0 bridgehead atoms. The minimum atomic E-state index is -0.718. The summed E-state index contributed by atoms with van der Waals surface area (Å²) < 4.78 is 23.4. The van der Waals surface area contributed by atoms with Crippen molar-refractivity contribution in [2.24, 2.45) is 0 Å². The second kappa shape index (κ2) is 8.22. The first kappa shape index (κ1) is 19.6. The quantitative estimate of drug-likeness (QED) is 0.521. The van der Waals surface area contributed by atoms with Gasteiger partial charge in [-0.1, -0.05) is 17.7 Å². The molecule has 0 radical (unpaired) electrons. The van der Waals surface area contributed by atoms with E-state index in [0.29, 0.717) is 21.6 Å². The molecule has 8 heteroatoms. The summed E-state index contributed by atoms with van der Waals surface area (Å²) in [6.07, 6.45) is 0. The number of amides is 1. The Hall–Kier alpha value is -3.19. The van der Waals surface area contributed by atoms with Gasteiger partial charge < -0.3 is 14.5 Å². The van der Waals surface area contributed by atoms with Gasteiger partial charge in [0, 0.05) is 27.6 Å². The number of fused-ring (bicyclic) bond motifs is 1. The normalized spacial score (nSPS) is 10.7. The third-order valence-electron chi connectivity index (χ3n) is 3.98. The zero-order chi connectivity index (χ0) is 20.3. The number of aryl methyl sites for hydroxylation is 1. The molecule has 6 nitrogen and oxygen atoms in total. The van der Waals surface area contributed by atoms with Crippen molar-refractivity contribution in [1.82, 2.24) is 5.32 Å². The smallest absolute Gasteiger partial charge is 0.336 e. The summed E-state index contributed by atoms with van der Waals surface area (Å²) in [6.45, 7) is 1.17. The molecular formula is C20H15ClFNO5. The van der Waals surface area contributed by atoms with E-state index < -0.39 is 29.9 Å². The molecule has 1 N–H and O–H groups in total. The van der Waals surface area contributed by atoms with Gasteiger partial charge in [0.2, 0.25) is 0 Å². The highest BCUT2D eigenvalue weighted by Crippen LogP contribution is 2.25. The number of rotatable bonds is 5. The summed E-state index contributed by atoms with van der Waals surface area (Å²) in [5.41, 5.74) is 1.01. The molecule has 0 saturated carbocycles. The molecule has 3 rings (SSSR count). The van der Waals surface area contributed by atoms with Crippen molar-refractivity contribution in [3.63, 3.8) is 0 Å². The van der Waals surface area contributed by atoms with Crippen LogP contribution in [-0.4, -0.2) is 18.4 Å². The van der Waals surface area contributed by atoms with Crippen LogP contribution >= 0.6 is 11.6 Å². The predicted octanol–water partition coefficient (Wildman–Crippen LogP) is 3.37. The molecule has 0 fully saturated rings. The number of benzene rings is 2. The van der Waals surface area contributed by atoms with Crippen LogP contribution in [0.2, 0.25) is 5.02 Å². The van der Waals surface area contributed by atoms with E-state index in [4.69, 9.17) is 20.8 Å². The molecular weight excluding hydrogens is 389 g/mol. The third-order valence-corrected chi connectivity index (χ3v) is 4.39. The lowest BCUT2D eigenvalue weighted by molar-refractivity contribution is -0.143. The average Bonchev–Trinajstić information content (AvgIpc) is 2.65. The van der Waals surface area contributed by atoms with Crippen LogP contribution in [-0.2, 0) is 16.1 Å². The van der Waals surface area contributed by atoms with Gasteiger partial charge in [-0.2, -0.15) is 0 Å². The number of nitrogens with one attached hydrogen (secondary N) is 1. The van der Waals surface area contributed by atoms with Crippen molar-refractivity contribution in [2.75, 3.05) is 6.54 Å². The number of carbonyl (C=O) groups is 2. The summed E-state index contributed by atoms with van der Waals surface area (Å²) >= 11 is 6.11. The van der Waals surface area contributed by atoms with E-state index in [1.807, 2.05) is 0 Å². The third kappa shape index (κ3) is 4.55. The fourth-order valence-electron chi connectivity index (χ4n) is 2.56. The number of hydrogen-bond donors (Lipinski definition) is 1. The van der Waals surface area contributed by atoms with Crippen molar-refractivity contribution in [3.05, 3.63) is 80.4 Å². The van der Waals surface area contributed by atoms with Gasteiger partial charge in [-0.05, 0) is 42.8 Å². The Kier molecular flexibility index (Phi) is 5.75. The maximum Gasteiger partial charge on any atom is 0.336 e. The van der Waals surface area contributed by atoms with E-state index in [1.54, 1.807) is 19.1 Å². The minimum Gasteiger partial charge on any atom is -0.459 e. The van der Waals surface area contributed by atoms with Crippen molar-refractivity contribution in [3.8, 4) is 0 Å². The molecule has 2 aromatic carbocycles. The molecule has 3 aromatic rings. The zero-order valence-electron chi connectivity index (χ0n) is 14.8. The standard InChI is InChI=1S/C20H15ClFNO5/c1-11-5-17-15(8-16(11)21)13(7-18(24)28-17)10-27-19(25)9-23-20(26)12-3-2-4-14(22)6-12/h2-8H,9-10H2,1H3,(H,23,26). The van der Waals surface area contributed by atoms with Gasteiger partial charge in [-0.15, -0.1) is 0 Å². The largest absolute Gasteiger partial charge is 0.459 e. The second-order valence-corrected chi connectivity index (χ2v) is 6.45. The minimum absolute atomic E-state index is 0.0875. The van der Waals surface area contributed by atoms with Crippen molar-refractivity contribution >= 4 is 34.4 Å². The molecule has 0 aliphatic rings. The van der Waals surface area contributed by atoms with Crippen LogP contribution in [0.1, 0.15) is 21.5 Å². The highest BCUT2D eigenvalue weighted by Gasteiger charge is 2.13. The Morgan fingerprint density at radius 2 is 2.00 bits per heavy atom. The number of esters is 1. The van der Waals surface area contributed by atoms with Crippen LogP contribution in [0.15, 0.2) is 51.7 Å². The van der Waals surface area contributed by atoms with Gasteiger partial charge in [0.15, 0.2) is 0 Å². The van der Waals surface area contributed by atoms with Crippen molar-refractivity contribution in [1.29, 1.82) is 0 Å². The number of halogens is 2. The lowest BCUT2D eigenvalue weighted by atomic mass is 10.1. The van der Waals surface area contributed by atoms with Crippen LogP contribution < -0.4 is 10.9 Å². The number of ether oxygens (including phenoxy) is 1. The molecule has 0 spiro atoms. The number of hydrogen-bond acceptors (Lipinski definition) is 5. The maximum absolute atomic E-state index is 13.1. The summed E-state index contributed by atoms with van der Waals surface area (Å²) in [5.74, 6) is -1.88. The molecule has 144 valence electrons. The highest BCUT2D eigenvalue weighted by atomic mass is 35.5. The Morgan fingerprint density at radius 1 is 1.21 bits per heavy atom. The lowest BCUT2D eigenvalue weighted by Crippen LogP contribution is -2.30. The molecule has 0 saturated heterocycles. The molecule has 0 unspecified atom stereocenters. The van der Waals surface area contributed by atoms with Crippen molar-refractivity contribution in [2.45, 2.75) is 13.5 Å². The molecule has 0 aliphatic carbocycles. The van der Waals surface area contributed by atoms with E-state index in [2.05, 4.69) is 5.32 Å². The van der Waals surface area contributed by atoms with Crippen LogP contribution in [0.3, 0.4) is 0 Å². The molecule has 28 heavy (non-hydrogen) atoms. The summed E-state index contributed by atoms with van der Waals surface area (Å²) in [6, 6.07) is 9.55. The van der Waals surface area contributed by atoms with E-state index in [1.165, 1.54) is 24.3 Å². The molecule has 0 atom stereocenters. The summed E-state index contributed by atoms with van der Waals surface area (Å²) in [5, 5.41) is 3.38. The van der Waals surface area contributed by atoms with Gasteiger partial charge in [0.1, 0.15) is 24.6 Å². The lowest BCUT2D eigenvalue weighted by Gasteiger charge is -2.09. The van der Waals surface area contributed by atoms with Gasteiger partial charge >= 0.3 is 11.6 Å². The van der Waals surface area contributed by atoms with E-state index in [9.17, 15) is 18.8 Å². The second-order valence-electron chi connectivity index (χ2n) is 6.04. The monoisotopic (exact) mass is 403 g/mol. The fourth-order valence-corrected chi connectivity index (χ4v) is 2.72. The van der Waals surface area contributed by atoms with Gasteiger partial charge in [-0.25, -0.2) is 9.18 Å². The molecule has 1 heterocycles. The maximum atomic E-state index is 13.1. The molecule has 0 aliphatic heterocycles. The number of carbonyl (C=O) groups excluding carboxylic acids is 2. The Bertz CT molecular complexity index is 1130. The van der Waals surface area contributed by atoms with Gasteiger partial charge in [0.05, 0.1) is 0 Å². The SMILES string of the molecule is Cc1cc2oc(=O)cc(COC(=O)CNC(=O)c3cccc(F)c3)c2cc1Cl. The van der Waals surface area contributed by atoms with Crippen LogP contribution in [0.4, 0.5) is 4.39 Å². The van der Waals surface area contributed by atoms with E-state index >= 15 is 0 Å². The van der Waals surface area contributed by atoms with Crippen LogP contribution in [0.25, 0.3) is 11.0 Å². The van der Waals surface area contributed by atoms with Crippen LogP contribution in [0.5, 0.6) is 0 Å². The van der Waals surface area contributed by atoms with Crippen LogP contribution in [0, 0.1) is 12.7 Å². The first-order chi connectivity index (χ1) is 13.3. The first-order valence-electron chi connectivity index (χ1n) is 8.26. The topological polar surface area (TPSA) is 85.6 Å². The average molecular weight is 404 g/mol. The zero-order valence-corrected chi connectivity index (χ0v) is 15.5. The highest BCUT2D eigenvalue weighted by molar-refractivity contribution is 6.32. The fraction of sp³-hybridized carbons (Fsp3) is 0.150. The van der Waals surface area contributed by atoms with Gasteiger partial charge in [-0.3, -0.25) is 9.59 Å². The predicted molar refractivity (Wildman–Crippen MR) is 101 cm³/mol. The van der Waals surface area contributed by atoms with E-state index in [0.717, 1.165) is 11.6 Å². The van der Waals surface area contributed by atoms with Crippen molar-refractivity contribution < 1.29 is 23.1 Å². The molecule has 1 aromatic heterocycles. The first-order valence-corrected chi connectivity index (χ1v) is 8.63. The summed E-state index contributed by atoms with van der Waals surface area (Å²) in [4.78, 5) is 35.5. The van der Waals surface area contributed by atoms with Gasteiger partial charge in [0.25, 0.3) is 5.91 Å².